The SMILES string of the molecule is [2H]C([2H])([2H])n1c([N+](=O)[O-])nc2c3nc(C)cnc3ccc21. The lowest BCUT2D eigenvalue weighted by Crippen LogP contribution is -1.97. The molecule has 2 aromatic heterocycles. The predicted molar refractivity (Wildman–Crippen MR) is 65.2 cm³/mol. The van der Waals surface area contributed by atoms with Crippen LogP contribution in [-0.4, -0.2) is 24.4 Å². The Morgan fingerprint density at radius 1 is 1.39 bits per heavy atom. The van der Waals surface area contributed by atoms with Crippen LogP contribution in [0, 0.1) is 17.0 Å². The third-order valence-electron chi connectivity index (χ3n) is 2.60. The van der Waals surface area contributed by atoms with Crippen molar-refractivity contribution in [1.29, 1.82) is 0 Å². The van der Waals surface area contributed by atoms with Crippen LogP contribution in [0.2, 0.25) is 0 Å². The fourth-order valence-electron chi connectivity index (χ4n) is 1.81. The fraction of sp³-hybridized carbons (Fsp3) is 0.182. The summed E-state index contributed by atoms with van der Waals surface area (Å²) in [7, 11) is 0. The monoisotopic (exact) mass is 246 g/mol. The normalized spacial score (nSPS) is 14.4. The average Bonchev–Trinajstić information content (AvgIpc) is 2.78. The van der Waals surface area contributed by atoms with Crippen molar-refractivity contribution in [2.45, 2.75) is 6.92 Å². The van der Waals surface area contributed by atoms with E-state index in [2.05, 4.69) is 15.0 Å². The van der Waals surface area contributed by atoms with E-state index in [1.165, 1.54) is 6.07 Å². The van der Waals surface area contributed by atoms with Crippen LogP contribution in [-0.2, 0) is 6.98 Å². The molecule has 7 heteroatoms. The Kier molecular flexibility index (Phi) is 1.48. The number of hydrogen-bond acceptors (Lipinski definition) is 5. The van der Waals surface area contributed by atoms with Gasteiger partial charge in [-0.05, 0) is 24.0 Å². The van der Waals surface area contributed by atoms with Crippen molar-refractivity contribution in [3.8, 4) is 0 Å². The summed E-state index contributed by atoms with van der Waals surface area (Å²) in [6.07, 6.45) is 1.56. The first-order valence-corrected chi connectivity index (χ1v) is 5.09. The highest BCUT2D eigenvalue weighted by Crippen LogP contribution is 2.25. The van der Waals surface area contributed by atoms with Gasteiger partial charge in [-0.15, -0.1) is 0 Å². The summed E-state index contributed by atoms with van der Waals surface area (Å²) in [4.78, 5) is 22.5. The second-order valence-electron chi connectivity index (χ2n) is 3.82. The van der Waals surface area contributed by atoms with Crippen LogP contribution in [0.4, 0.5) is 5.95 Å². The topological polar surface area (TPSA) is 86.7 Å². The lowest BCUT2D eigenvalue weighted by Gasteiger charge is -1.97. The molecule has 0 saturated carbocycles. The van der Waals surface area contributed by atoms with E-state index < -0.39 is 17.8 Å². The summed E-state index contributed by atoms with van der Waals surface area (Å²) in [6, 6.07) is 3.02. The minimum Gasteiger partial charge on any atom is -0.390 e. The number of aryl methyl sites for hydroxylation is 2. The predicted octanol–water partition coefficient (Wildman–Crippen LogP) is 1.73. The van der Waals surface area contributed by atoms with Crippen molar-refractivity contribution in [1.82, 2.24) is 19.5 Å². The van der Waals surface area contributed by atoms with Gasteiger partial charge in [-0.3, -0.25) is 4.98 Å². The number of aromatic nitrogens is 4. The smallest absolute Gasteiger partial charge is 0.390 e. The molecule has 0 spiro atoms. The van der Waals surface area contributed by atoms with Gasteiger partial charge < -0.3 is 10.1 Å². The van der Waals surface area contributed by atoms with Gasteiger partial charge in [0, 0.05) is 6.20 Å². The van der Waals surface area contributed by atoms with E-state index >= 15 is 0 Å². The molecule has 0 fully saturated rings. The van der Waals surface area contributed by atoms with E-state index in [-0.39, 0.29) is 11.0 Å². The summed E-state index contributed by atoms with van der Waals surface area (Å²) in [5, 5.41) is 11.1. The Morgan fingerprint density at radius 2 is 2.22 bits per heavy atom. The molecule has 0 saturated heterocycles. The zero-order chi connectivity index (χ0) is 15.4. The second-order valence-corrected chi connectivity index (χ2v) is 3.82. The molecule has 90 valence electrons. The molecule has 3 rings (SSSR count). The molecule has 0 N–H and O–H groups in total. The van der Waals surface area contributed by atoms with Crippen LogP contribution >= 0.6 is 0 Å². The second kappa shape index (κ2) is 3.46. The van der Waals surface area contributed by atoms with Gasteiger partial charge in [0.25, 0.3) is 0 Å². The molecule has 0 aliphatic rings. The van der Waals surface area contributed by atoms with E-state index in [4.69, 9.17) is 4.11 Å². The number of nitrogens with zero attached hydrogens (tertiary/aromatic N) is 5. The Bertz CT molecular complexity index is 887. The number of rotatable bonds is 1. The molecular weight excluding hydrogens is 234 g/mol. The molecule has 3 aromatic rings. The van der Waals surface area contributed by atoms with E-state index in [9.17, 15) is 10.1 Å². The molecule has 1 aromatic carbocycles. The highest BCUT2D eigenvalue weighted by Gasteiger charge is 2.21. The summed E-state index contributed by atoms with van der Waals surface area (Å²) in [6.45, 7) is -0.984. The van der Waals surface area contributed by atoms with Crippen molar-refractivity contribution in [3.63, 3.8) is 0 Å². The molecule has 0 aliphatic heterocycles. The first kappa shape index (κ1) is 7.70. The van der Waals surface area contributed by atoms with Gasteiger partial charge >= 0.3 is 5.95 Å². The van der Waals surface area contributed by atoms with Crippen molar-refractivity contribution < 1.29 is 9.04 Å². The standard InChI is InChI=1S/C11H9N5O2/c1-6-5-12-7-3-4-8-10(9(7)13-6)14-11(15(8)2)16(17)18/h3-5H,1-2H3/i2D3. The third-order valence-corrected chi connectivity index (χ3v) is 2.60. The van der Waals surface area contributed by atoms with Crippen molar-refractivity contribution >= 4 is 28.0 Å². The first-order chi connectivity index (χ1) is 9.79. The van der Waals surface area contributed by atoms with Crippen LogP contribution in [0.1, 0.15) is 9.81 Å². The van der Waals surface area contributed by atoms with E-state index in [1.807, 2.05) is 0 Å². The van der Waals surface area contributed by atoms with Crippen molar-refractivity contribution in [2.24, 2.45) is 6.98 Å². The van der Waals surface area contributed by atoms with E-state index in [1.54, 1.807) is 19.2 Å². The minimum atomic E-state index is -2.71. The summed E-state index contributed by atoms with van der Waals surface area (Å²) < 4.78 is 23.0. The lowest BCUT2D eigenvalue weighted by atomic mass is 10.2. The Hall–Kier alpha value is -2.57. The Balaban J connectivity index is 2.51. The zero-order valence-corrected chi connectivity index (χ0v) is 9.28. The summed E-state index contributed by atoms with van der Waals surface area (Å²) >= 11 is 0. The average molecular weight is 246 g/mol. The quantitative estimate of drug-likeness (QED) is 0.482. The maximum atomic E-state index is 11.1. The lowest BCUT2D eigenvalue weighted by molar-refractivity contribution is -0.396. The third kappa shape index (κ3) is 1.33. The molecular formula is C11H9N5O2. The number of benzene rings is 1. The first-order valence-electron chi connectivity index (χ1n) is 6.59. The van der Waals surface area contributed by atoms with E-state index in [0.29, 0.717) is 21.3 Å². The zero-order valence-electron chi connectivity index (χ0n) is 12.3. The fourth-order valence-corrected chi connectivity index (χ4v) is 1.81. The highest BCUT2D eigenvalue weighted by molar-refractivity contribution is 6.00. The summed E-state index contributed by atoms with van der Waals surface area (Å²) in [5.41, 5.74) is 1.75. The van der Waals surface area contributed by atoms with Crippen molar-refractivity contribution in [3.05, 3.63) is 34.1 Å². The van der Waals surface area contributed by atoms with Gasteiger partial charge in [-0.1, -0.05) is 4.98 Å². The highest BCUT2D eigenvalue weighted by atomic mass is 16.6. The van der Waals surface area contributed by atoms with Crippen LogP contribution in [0.5, 0.6) is 0 Å². The van der Waals surface area contributed by atoms with Crippen LogP contribution in [0.25, 0.3) is 22.1 Å². The van der Waals surface area contributed by atoms with Gasteiger partial charge in [0.05, 0.1) is 22.3 Å². The molecule has 18 heavy (non-hydrogen) atoms. The largest absolute Gasteiger partial charge is 0.435 e. The van der Waals surface area contributed by atoms with E-state index in [0.717, 1.165) is 0 Å². The van der Waals surface area contributed by atoms with Gasteiger partial charge in [0.15, 0.2) is 0 Å². The Labute approximate surface area is 105 Å². The number of imidazole rings is 1. The maximum absolute atomic E-state index is 11.1. The molecule has 2 heterocycles. The Morgan fingerprint density at radius 3 is 2.94 bits per heavy atom. The van der Waals surface area contributed by atoms with Crippen molar-refractivity contribution in [2.75, 3.05) is 0 Å². The van der Waals surface area contributed by atoms with Gasteiger partial charge in [0.2, 0.25) is 5.52 Å². The van der Waals surface area contributed by atoms with Gasteiger partial charge in [-0.2, -0.15) is 0 Å². The molecule has 7 nitrogen and oxygen atoms in total. The maximum Gasteiger partial charge on any atom is 0.435 e. The van der Waals surface area contributed by atoms with Crippen LogP contribution in [0.3, 0.4) is 0 Å². The van der Waals surface area contributed by atoms with Gasteiger partial charge in [0.1, 0.15) is 11.0 Å². The molecule has 0 bridgehead atoms. The van der Waals surface area contributed by atoms with Crippen LogP contribution in [0.15, 0.2) is 18.3 Å². The molecule has 0 aliphatic carbocycles. The van der Waals surface area contributed by atoms with Gasteiger partial charge in [-0.25, -0.2) is 9.55 Å². The minimum absolute atomic E-state index is 0.133. The molecule has 0 unspecified atom stereocenters. The number of fused-ring (bicyclic) bond motifs is 3. The number of hydrogen-bond donors (Lipinski definition) is 0. The molecule has 0 radical (unpaired) electrons. The number of nitro groups is 1. The molecule has 0 atom stereocenters. The van der Waals surface area contributed by atoms with Crippen LogP contribution < -0.4 is 0 Å². The summed E-state index contributed by atoms with van der Waals surface area (Å²) in [5.74, 6) is -0.735. The molecule has 0 amide bonds.